The van der Waals surface area contributed by atoms with E-state index in [0.717, 1.165) is 5.56 Å². The molecule has 0 heterocycles. The molecule has 2 unspecified atom stereocenters. The zero-order valence-electron chi connectivity index (χ0n) is 11.0. The van der Waals surface area contributed by atoms with Gasteiger partial charge in [-0.05, 0) is 49.3 Å². The van der Waals surface area contributed by atoms with E-state index in [1.165, 1.54) is 11.1 Å². The monoisotopic (exact) mass is 253 g/mol. The molecule has 2 atom stereocenters. The van der Waals surface area contributed by atoms with Crippen LogP contribution in [0.4, 0.5) is 8.78 Å². The van der Waals surface area contributed by atoms with Gasteiger partial charge in [0.25, 0.3) is 0 Å². The van der Waals surface area contributed by atoms with Gasteiger partial charge in [-0.25, -0.2) is 8.78 Å². The molecule has 18 heavy (non-hydrogen) atoms. The molecule has 0 saturated heterocycles. The molecule has 1 saturated carbocycles. The zero-order chi connectivity index (χ0) is 13.3. The summed E-state index contributed by atoms with van der Waals surface area (Å²) < 4.78 is 26.3. The first-order valence-electron chi connectivity index (χ1n) is 6.57. The number of alkyl halides is 2. The predicted molar refractivity (Wildman–Crippen MR) is 69.9 cm³/mol. The molecule has 2 rings (SSSR count). The highest BCUT2D eigenvalue weighted by molar-refractivity contribution is 5.30. The van der Waals surface area contributed by atoms with Gasteiger partial charge >= 0.3 is 0 Å². The molecular formula is C15H21F2N. The fraction of sp³-hybridized carbons (Fsp3) is 0.600. The molecule has 1 aromatic rings. The quantitative estimate of drug-likeness (QED) is 0.875. The molecule has 3 heteroatoms. The van der Waals surface area contributed by atoms with E-state index < -0.39 is 5.92 Å². The molecule has 0 radical (unpaired) electrons. The molecule has 1 fully saturated rings. The SMILES string of the molecule is Cc1ccc(CC(N)C2CCC(F)(F)C2)cc1C. The maximum Gasteiger partial charge on any atom is 0.248 e. The second kappa shape index (κ2) is 4.96. The smallest absolute Gasteiger partial charge is 0.248 e. The summed E-state index contributed by atoms with van der Waals surface area (Å²) in [7, 11) is 0. The first-order chi connectivity index (χ1) is 8.37. The van der Waals surface area contributed by atoms with Crippen LogP contribution in [0.25, 0.3) is 0 Å². The van der Waals surface area contributed by atoms with Crippen molar-refractivity contribution in [2.24, 2.45) is 11.7 Å². The Morgan fingerprint density at radius 1 is 1.33 bits per heavy atom. The Morgan fingerprint density at radius 3 is 2.61 bits per heavy atom. The van der Waals surface area contributed by atoms with Crippen LogP contribution in [0.15, 0.2) is 18.2 Å². The molecule has 1 aromatic carbocycles. The molecule has 1 aliphatic rings. The molecule has 1 aliphatic carbocycles. The van der Waals surface area contributed by atoms with E-state index in [1.54, 1.807) is 0 Å². The molecule has 100 valence electrons. The van der Waals surface area contributed by atoms with E-state index in [4.69, 9.17) is 5.73 Å². The second-order valence-electron chi connectivity index (χ2n) is 5.65. The zero-order valence-corrected chi connectivity index (χ0v) is 11.0. The molecule has 0 bridgehead atoms. The second-order valence-corrected chi connectivity index (χ2v) is 5.65. The van der Waals surface area contributed by atoms with Gasteiger partial charge < -0.3 is 5.73 Å². The van der Waals surface area contributed by atoms with Crippen LogP contribution in [0.2, 0.25) is 0 Å². The number of rotatable bonds is 3. The number of nitrogens with two attached hydrogens (primary N) is 1. The normalized spacial score (nSPS) is 24.2. The molecule has 0 spiro atoms. The van der Waals surface area contributed by atoms with Gasteiger partial charge in [0.15, 0.2) is 0 Å². The maximum absolute atomic E-state index is 13.2. The maximum atomic E-state index is 13.2. The van der Waals surface area contributed by atoms with E-state index >= 15 is 0 Å². The highest BCUT2D eigenvalue weighted by Gasteiger charge is 2.41. The lowest BCUT2D eigenvalue weighted by atomic mass is 9.92. The summed E-state index contributed by atoms with van der Waals surface area (Å²) >= 11 is 0. The van der Waals surface area contributed by atoms with E-state index in [1.807, 2.05) is 0 Å². The largest absolute Gasteiger partial charge is 0.327 e. The highest BCUT2D eigenvalue weighted by Crippen LogP contribution is 2.40. The minimum Gasteiger partial charge on any atom is -0.327 e. The lowest BCUT2D eigenvalue weighted by molar-refractivity contribution is 0.00393. The number of hydrogen-bond donors (Lipinski definition) is 1. The summed E-state index contributed by atoms with van der Waals surface area (Å²) in [5.74, 6) is -2.53. The predicted octanol–water partition coefficient (Wildman–Crippen LogP) is 3.61. The molecule has 0 aliphatic heterocycles. The first kappa shape index (κ1) is 13.5. The van der Waals surface area contributed by atoms with Crippen molar-refractivity contribution in [3.63, 3.8) is 0 Å². The lowest BCUT2D eigenvalue weighted by Crippen LogP contribution is -2.31. The third-order valence-electron chi connectivity index (χ3n) is 4.09. The van der Waals surface area contributed by atoms with Crippen molar-refractivity contribution in [3.05, 3.63) is 34.9 Å². The Morgan fingerprint density at radius 2 is 2.06 bits per heavy atom. The van der Waals surface area contributed by atoms with Gasteiger partial charge in [0.2, 0.25) is 5.92 Å². The van der Waals surface area contributed by atoms with E-state index in [-0.39, 0.29) is 24.8 Å². The van der Waals surface area contributed by atoms with Crippen LogP contribution in [0.3, 0.4) is 0 Å². The number of benzene rings is 1. The summed E-state index contributed by atoms with van der Waals surface area (Å²) in [4.78, 5) is 0. The fourth-order valence-corrected chi connectivity index (χ4v) is 2.72. The minimum atomic E-state index is -2.49. The average molecular weight is 253 g/mol. The Balaban J connectivity index is 1.99. The minimum absolute atomic E-state index is 0.00169. The van der Waals surface area contributed by atoms with Gasteiger partial charge in [-0.2, -0.15) is 0 Å². The number of halogens is 2. The molecule has 0 aromatic heterocycles. The molecule has 2 N–H and O–H groups in total. The van der Waals surface area contributed by atoms with Crippen LogP contribution in [0, 0.1) is 19.8 Å². The molecule has 1 nitrogen and oxygen atoms in total. The topological polar surface area (TPSA) is 26.0 Å². The van der Waals surface area contributed by atoms with Crippen molar-refractivity contribution in [1.29, 1.82) is 0 Å². The van der Waals surface area contributed by atoms with Crippen molar-refractivity contribution >= 4 is 0 Å². The third kappa shape index (κ3) is 3.08. The van der Waals surface area contributed by atoms with E-state index in [9.17, 15) is 8.78 Å². The Bertz CT molecular complexity index is 429. The van der Waals surface area contributed by atoms with Crippen LogP contribution < -0.4 is 5.73 Å². The van der Waals surface area contributed by atoms with Crippen LogP contribution >= 0.6 is 0 Å². The summed E-state index contributed by atoms with van der Waals surface area (Å²) in [6.07, 6.45) is 1.21. The Labute approximate surface area is 107 Å². The van der Waals surface area contributed by atoms with Crippen molar-refractivity contribution < 1.29 is 8.78 Å². The average Bonchev–Trinajstić information content (AvgIpc) is 2.64. The molecular weight excluding hydrogens is 232 g/mol. The lowest BCUT2D eigenvalue weighted by Gasteiger charge is -2.19. The van der Waals surface area contributed by atoms with E-state index in [0.29, 0.717) is 12.8 Å². The van der Waals surface area contributed by atoms with Crippen molar-refractivity contribution in [2.75, 3.05) is 0 Å². The third-order valence-corrected chi connectivity index (χ3v) is 4.09. The summed E-state index contributed by atoms with van der Waals surface area (Å²) in [5, 5.41) is 0. The van der Waals surface area contributed by atoms with Gasteiger partial charge in [-0.1, -0.05) is 18.2 Å². The Kier molecular flexibility index (Phi) is 3.71. The van der Waals surface area contributed by atoms with Gasteiger partial charge in [0, 0.05) is 18.9 Å². The number of hydrogen-bond acceptors (Lipinski definition) is 1. The molecule has 0 amide bonds. The van der Waals surface area contributed by atoms with Crippen molar-refractivity contribution in [2.45, 2.75) is 51.5 Å². The van der Waals surface area contributed by atoms with Crippen molar-refractivity contribution in [1.82, 2.24) is 0 Å². The van der Waals surface area contributed by atoms with E-state index in [2.05, 4.69) is 32.0 Å². The standard InChI is InChI=1S/C15H21F2N/c1-10-3-4-12(7-11(10)2)8-14(18)13-5-6-15(16,17)9-13/h3-4,7,13-14H,5-6,8-9,18H2,1-2H3. The van der Waals surface area contributed by atoms with Gasteiger partial charge in [-0.3, -0.25) is 0 Å². The number of aryl methyl sites for hydroxylation is 2. The highest BCUT2D eigenvalue weighted by atomic mass is 19.3. The van der Waals surface area contributed by atoms with Gasteiger partial charge in [0.1, 0.15) is 0 Å². The summed E-state index contributed by atoms with van der Waals surface area (Å²) in [6, 6.07) is 6.08. The summed E-state index contributed by atoms with van der Waals surface area (Å²) in [6.45, 7) is 4.13. The van der Waals surface area contributed by atoms with Gasteiger partial charge in [0.05, 0.1) is 0 Å². The fourth-order valence-electron chi connectivity index (χ4n) is 2.72. The van der Waals surface area contributed by atoms with Crippen LogP contribution in [-0.2, 0) is 6.42 Å². The van der Waals surface area contributed by atoms with Gasteiger partial charge in [-0.15, -0.1) is 0 Å². The Hall–Kier alpha value is -0.960. The first-order valence-corrected chi connectivity index (χ1v) is 6.57. The van der Waals surface area contributed by atoms with Crippen LogP contribution in [-0.4, -0.2) is 12.0 Å². The summed E-state index contributed by atoms with van der Waals surface area (Å²) in [5.41, 5.74) is 9.72. The van der Waals surface area contributed by atoms with Crippen molar-refractivity contribution in [3.8, 4) is 0 Å². The van der Waals surface area contributed by atoms with Crippen LogP contribution in [0.5, 0.6) is 0 Å². The van der Waals surface area contributed by atoms with Crippen LogP contribution in [0.1, 0.15) is 36.0 Å².